The van der Waals surface area contributed by atoms with Crippen LogP contribution in [0.15, 0.2) is 36.4 Å². The Morgan fingerprint density at radius 3 is 2.61 bits per heavy atom. The first kappa shape index (κ1) is 20.0. The molecule has 1 aliphatic rings. The lowest BCUT2D eigenvalue weighted by Crippen LogP contribution is -2.39. The first-order valence-corrected chi connectivity index (χ1v) is 10.7. The number of amides is 1. The third-order valence-corrected chi connectivity index (χ3v) is 6.88. The summed E-state index contributed by atoms with van der Waals surface area (Å²) < 4.78 is 36.7. The molecule has 2 aromatic carbocycles. The molecule has 2 aromatic rings. The Hall–Kier alpha value is -2.74. The highest BCUT2D eigenvalue weighted by atomic mass is 32.2. The van der Waals surface area contributed by atoms with E-state index in [4.69, 9.17) is 15.2 Å². The van der Waals surface area contributed by atoms with Gasteiger partial charge < -0.3 is 20.1 Å². The van der Waals surface area contributed by atoms with E-state index in [1.165, 1.54) is 18.9 Å². The van der Waals surface area contributed by atoms with Crippen LogP contribution >= 0.6 is 0 Å². The maximum absolute atomic E-state index is 13.0. The summed E-state index contributed by atoms with van der Waals surface area (Å²) >= 11 is 0. The van der Waals surface area contributed by atoms with E-state index in [-0.39, 0.29) is 18.2 Å². The summed E-state index contributed by atoms with van der Waals surface area (Å²) in [7, 11) is -2.12. The van der Waals surface area contributed by atoms with E-state index in [2.05, 4.69) is 0 Å². The standard InChI is InChI=1S/C20H24N2O5S/c1-4-27-18-10-14(8-9-17(18)26-3)12-28(24,25)13(2)22-11-15-6-5-7-16(21)19(15)20(22)23/h5-10,13H,4,11-12,21H2,1-3H3. The van der Waals surface area contributed by atoms with Crippen LogP contribution in [0.1, 0.15) is 35.3 Å². The third kappa shape index (κ3) is 3.64. The van der Waals surface area contributed by atoms with Crippen molar-refractivity contribution in [3.05, 3.63) is 53.1 Å². The molecule has 0 radical (unpaired) electrons. The lowest BCUT2D eigenvalue weighted by atomic mass is 10.1. The number of nitrogens with zero attached hydrogens (tertiary/aromatic N) is 1. The van der Waals surface area contributed by atoms with E-state index in [1.807, 2.05) is 6.92 Å². The van der Waals surface area contributed by atoms with Gasteiger partial charge in [0.15, 0.2) is 21.3 Å². The fourth-order valence-electron chi connectivity index (χ4n) is 3.33. The molecule has 0 spiro atoms. The van der Waals surface area contributed by atoms with Crippen LogP contribution in [0, 0.1) is 0 Å². The van der Waals surface area contributed by atoms with Gasteiger partial charge in [-0.3, -0.25) is 4.79 Å². The first-order chi connectivity index (χ1) is 13.3. The van der Waals surface area contributed by atoms with Gasteiger partial charge in [0.1, 0.15) is 5.37 Å². The molecule has 2 N–H and O–H groups in total. The van der Waals surface area contributed by atoms with Gasteiger partial charge in [0.05, 0.1) is 25.0 Å². The number of nitrogens with two attached hydrogens (primary N) is 1. The summed E-state index contributed by atoms with van der Waals surface area (Å²) in [6, 6.07) is 10.2. The lowest BCUT2D eigenvalue weighted by molar-refractivity contribution is 0.0765. The molecule has 0 saturated carbocycles. The predicted molar refractivity (Wildman–Crippen MR) is 107 cm³/mol. The highest BCUT2D eigenvalue weighted by Crippen LogP contribution is 2.32. The van der Waals surface area contributed by atoms with Gasteiger partial charge in [0.25, 0.3) is 5.91 Å². The van der Waals surface area contributed by atoms with E-state index in [0.717, 1.165) is 5.56 Å². The second-order valence-electron chi connectivity index (χ2n) is 6.64. The number of benzene rings is 2. The summed E-state index contributed by atoms with van der Waals surface area (Å²) in [4.78, 5) is 14.1. The Labute approximate surface area is 165 Å². The highest BCUT2D eigenvalue weighted by molar-refractivity contribution is 7.91. The first-order valence-electron chi connectivity index (χ1n) is 8.98. The number of sulfone groups is 1. The average molecular weight is 404 g/mol. The zero-order valence-corrected chi connectivity index (χ0v) is 17.0. The van der Waals surface area contributed by atoms with Crippen LogP contribution in [-0.2, 0) is 22.1 Å². The van der Waals surface area contributed by atoms with Gasteiger partial charge in [-0.15, -0.1) is 0 Å². The number of ether oxygens (including phenoxy) is 2. The second kappa shape index (κ2) is 7.71. The van der Waals surface area contributed by atoms with Crippen molar-refractivity contribution in [3.8, 4) is 11.5 Å². The van der Waals surface area contributed by atoms with Crippen LogP contribution in [0.3, 0.4) is 0 Å². The van der Waals surface area contributed by atoms with Gasteiger partial charge in [-0.2, -0.15) is 0 Å². The maximum atomic E-state index is 13.0. The van der Waals surface area contributed by atoms with Crippen molar-refractivity contribution in [1.29, 1.82) is 0 Å². The molecule has 0 bridgehead atoms. The van der Waals surface area contributed by atoms with Gasteiger partial charge >= 0.3 is 0 Å². The predicted octanol–water partition coefficient (Wildman–Crippen LogP) is 2.59. The average Bonchev–Trinajstić information content (AvgIpc) is 2.99. The van der Waals surface area contributed by atoms with E-state index in [0.29, 0.717) is 34.9 Å². The quantitative estimate of drug-likeness (QED) is 0.712. The van der Waals surface area contributed by atoms with Crippen molar-refractivity contribution in [2.45, 2.75) is 31.5 Å². The number of nitrogen functional groups attached to an aromatic ring is 1. The van der Waals surface area contributed by atoms with Crippen LogP contribution in [0.5, 0.6) is 11.5 Å². The molecule has 0 fully saturated rings. The topological polar surface area (TPSA) is 98.9 Å². The van der Waals surface area contributed by atoms with Crippen molar-refractivity contribution in [2.75, 3.05) is 19.5 Å². The van der Waals surface area contributed by atoms with E-state index < -0.39 is 15.2 Å². The van der Waals surface area contributed by atoms with Crippen molar-refractivity contribution in [3.63, 3.8) is 0 Å². The molecule has 1 amide bonds. The van der Waals surface area contributed by atoms with Crippen LogP contribution in [0.4, 0.5) is 5.69 Å². The minimum absolute atomic E-state index is 0.214. The molecule has 3 rings (SSSR count). The molecular formula is C20H24N2O5S. The maximum Gasteiger partial charge on any atom is 0.257 e. The van der Waals surface area contributed by atoms with E-state index >= 15 is 0 Å². The zero-order valence-electron chi connectivity index (χ0n) is 16.1. The second-order valence-corrected chi connectivity index (χ2v) is 8.94. The zero-order chi connectivity index (χ0) is 20.5. The minimum Gasteiger partial charge on any atom is -0.493 e. The third-order valence-electron chi connectivity index (χ3n) is 4.85. The summed E-state index contributed by atoms with van der Waals surface area (Å²) in [6.07, 6.45) is 0. The largest absolute Gasteiger partial charge is 0.493 e. The fraction of sp³-hybridized carbons (Fsp3) is 0.350. The van der Waals surface area contributed by atoms with Gasteiger partial charge in [-0.25, -0.2) is 8.42 Å². The van der Waals surface area contributed by atoms with Crippen LogP contribution in [-0.4, -0.2) is 38.3 Å². The SMILES string of the molecule is CCOc1cc(CS(=O)(=O)C(C)N2Cc3cccc(N)c3C2=O)ccc1OC. The number of carbonyl (C=O) groups is 1. The van der Waals surface area contributed by atoms with Gasteiger partial charge in [0, 0.05) is 12.2 Å². The van der Waals surface area contributed by atoms with Crippen molar-refractivity contribution in [2.24, 2.45) is 0 Å². The van der Waals surface area contributed by atoms with E-state index in [1.54, 1.807) is 36.4 Å². The molecule has 0 aromatic heterocycles. The molecule has 0 aliphatic carbocycles. The minimum atomic E-state index is -3.64. The molecule has 28 heavy (non-hydrogen) atoms. The molecule has 1 unspecified atom stereocenters. The number of hydrogen-bond acceptors (Lipinski definition) is 6. The Bertz CT molecular complexity index is 1000. The molecule has 1 heterocycles. The highest BCUT2D eigenvalue weighted by Gasteiger charge is 2.37. The molecule has 7 nitrogen and oxygen atoms in total. The number of fused-ring (bicyclic) bond motifs is 1. The van der Waals surface area contributed by atoms with Gasteiger partial charge in [-0.1, -0.05) is 18.2 Å². The van der Waals surface area contributed by atoms with Crippen molar-refractivity contribution < 1.29 is 22.7 Å². The Kier molecular flexibility index (Phi) is 5.51. The lowest BCUT2D eigenvalue weighted by Gasteiger charge is -2.24. The Morgan fingerprint density at radius 2 is 1.96 bits per heavy atom. The van der Waals surface area contributed by atoms with E-state index in [9.17, 15) is 13.2 Å². The number of rotatable bonds is 7. The van der Waals surface area contributed by atoms with Gasteiger partial charge in [0.2, 0.25) is 0 Å². The Morgan fingerprint density at radius 1 is 1.21 bits per heavy atom. The number of hydrogen-bond donors (Lipinski definition) is 1. The van der Waals surface area contributed by atoms with Crippen molar-refractivity contribution in [1.82, 2.24) is 4.90 Å². The van der Waals surface area contributed by atoms with Crippen molar-refractivity contribution >= 4 is 21.4 Å². The van der Waals surface area contributed by atoms with Crippen LogP contribution in [0.2, 0.25) is 0 Å². The van der Waals surface area contributed by atoms with Crippen LogP contribution < -0.4 is 15.2 Å². The smallest absolute Gasteiger partial charge is 0.257 e. The molecule has 1 aliphatic heterocycles. The molecule has 1 atom stereocenters. The number of anilines is 1. The normalized spacial score (nSPS) is 14.7. The molecule has 0 saturated heterocycles. The monoisotopic (exact) mass is 404 g/mol. The summed E-state index contributed by atoms with van der Waals surface area (Å²) in [5.74, 6) is 0.460. The number of carbonyl (C=O) groups excluding carboxylic acids is 1. The molecular weight excluding hydrogens is 380 g/mol. The summed E-state index contributed by atoms with van der Waals surface area (Å²) in [6.45, 7) is 4.03. The number of methoxy groups -OCH3 is 1. The summed E-state index contributed by atoms with van der Waals surface area (Å²) in [5.41, 5.74) is 7.98. The fourth-order valence-corrected chi connectivity index (χ4v) is 4.77. The van der Waals surface area contributed by atoms with Gasteiger partial charge in [-0.05, 0) is 43.2 Å². The molecule has 8 heteroatoms. The molecule has 150 valence electrons. The Balaban J connectivity index is 1.83. The van der Waals surface area contributed by atoms with Crippen LogP contribution in [0.25, 0.3) is 0 Å². The summed E-state index contributed by atoms with van der Waals surface area (Å²) in [5, 5.41) is -0.982.